The molecule has 3 rings (SSSR count). The summed E-state index contributed by atoms with van der Waals surface area (Å²) in [5.41, 5.74) is 0.559. The predicted molar refractivity (Wildman–Crippen MR) is 81.8 cm³/mol. The number of carbonyl (C=O) groups is 1. The van der Waals surface area contributed by atoms with E-state index in [1.54, 1.807) is 6.07 Å². The number of likely N-dealkylation sites (tertiary alicyclic amines) is 1. The molecular formula is C16H13ClF2N2O3. The Labute approximate surface area is 141 Å². The van der Waals surface area contributed by atoms with E-state index in [2.05, 4.69) is 4.98 Å². The van der Waals surface area contributed by atoms with E-state index in [1.165, 1.54) is 24.4 Å². The zero-order valence-electron chi connectivity index (χ0n) is 12.3. The lowest BCUT2D eigenvalue weighted by Crippen LogP contribution is -2.32. The van der Waals surface area contributed by atoms with Gasteiger partial charge in [-0.2, -0.15) is 0 Å². The van der Waals surface area contributed by atoms with Gasteiger partial charge in [0.2, 0.25) is 18.1 Å². The van der Waals surface area contributed by atoms with Crippen LogP contribution in [-0.2, 0) is 11.3 Å². The van der Waals surface area contributed by atoms with Gasteiger partial charge in [0.05, 0.1) is 13.0 Å². The number of halogens is 3. The van der Waals surface area contributed by atoms with E-state index in [-0.39, 0.29) is 29.6 Å². The summed E-state index contributed by atoms with van der Waals surface area (Å²) in [5.74, 6) is -0.963. The van der Waals surface area contributed by atoms with E-state index in [0.717, 1.165) is 11.0 Å². The highest BCUT2D eigenvalue weighted by Gasteiger charge is 2.38. The molecule has 1 aliphatic heterocycles. The lowest BCUT2D eigenvalue weighted by Gasteiger charge is -2.19. The molecule has 2 aromatic rings. The summed E-state index contributed by atoms with van der Waals surface area (Å²) < 4.78 is 32.7. The van der Waals surface area contributed by atoms with Crippen LogP contribution in [0.5, 0.6) is 11.6 Å². The Kier molecular flexibility index (Phi) is 4.64. The second-order valence-electron chi connectivity index (χ2n) is 5.35. The molecule has 5 nitrogen and oxygen atoms in total. The van der Waals surface area contributed by atoms with Gasteiger partial charge in [-0.15, -0.1) is 0 Å². The first-order valence-electron chi connectivity index (χ1n) is 7.13. The summed E-state index contributed by atoms with van der Waals surface area (Å²) in [6, 6.07) is 7.05. The molecule has 8 heteroatoms. The fourth-order valence-electron chi connectivity index (χ4n) is 2.35. The van der Waals surface area contributed by atoms with E-state index in [4.69, 9.17) is 16.3 Å². The number of aromatic nitrogens is 1. The summed E-state index contributed by atoms with van der Waals surface area (Å²) in [4.78, 5) is 16.6. The fraction of sp³-hybridized carbons (Fsp3) is 0.250. The van der Waals surface area contributed by atoms with Crippen molar-refractivity contribution in [2.75, 3.05) is 0 Å². The fourth-order valence-corrected chi connectivity index (χ4v) is 2.51. The molecule has 2 heterocycles. The van der Waals surface area contributed by atoms with Crippen molar-refractivity contribution in [1.29, 1.82) is 0 Å². The van der Waals surface area contributed by atoms with Gasteiger partial charge in [0.25, 0.3) is 0 Å². The van der Waals surface area contributed by atoms with Crippen LogP contribution in [-0.4, -0.2) is 33.3 Å². The number of hydrogen-bond acceptors (Lipinski definition) is 4. The molecule has 0 saturated carbocycles. The minimum atomic E-state index is -1.73. The molecule has 0 aliphatic carbocycles. The maximum absolute atomic E-state index is 13.7. The smallest absolute Gasteiger partial charge is 0.227 e. The highest BCUT2D eigenvalue weighted by molar-refractivity contribution is 6.30. The van der Waals surface area contributed by atoms with Crippen molar-refractivity contribution in [3.63, 3.8) is 0 Å². The first-order chi connectivity index (χ1) is 11.4. The Morgan fingerprint density at radius 1 is 1.38 bits per heavy atom. The van der Waals surface area contributed by atoms with Crippen molar-refractivity contribution in [1.82, 2.24) is 9.88 Å². The minimum absolute atomic E-state index is 0.0142. The number of amides is 1. The van der Waals surface area contributed by atoms with Crippen molar-refractivity contribution in [3.05, 3.63) is 52.9 Å². The second-order valence-corrected chi connectivity index (χ2v) is 5.78. The van der Waals surface area contributed by atoms with E-state index in [0.29, 0.717) is 5.56 Å². The number of rotatable bonds is 4. The number of ether oxygens (including phenoxy) is 1. The third-order valence-electron chi connectivity index (χ3n) is 3.58. The van der Waals surface area contributed by atoms with Crippen LogP contribution >= 0.6 is 11.6 Å². The Morgan fingerprint density at radius 3 is 2.75 bits per heavy atom. The van der Waals surface area contributed by atoms with Gasteiger partial charge in [-0.05, 0) is 23.8 Å². The Morgan fingerprint density at radius 2 is 2.17 bits per heavy atom. The second kappa shape index (κ2) is 6.70. The number of aliphatic hydroxyl groups is 1. The normalized spacial score (nSPS) is 20.5. The highest BCUT2D eigenvalue weighted by atomic mass is 35.5. The third-order valence-corrected chi connectivity index (χ3v) is 3.81. The lowest BCUT2D eigenvalue weighted by atomic mass is 10.2. The monoisotopic (exact) mass is 354 g/mol. The first-order valence-corrected chi connectivity index (χ1v) is 7.51. The standard InChI is InChI=1S/C16H13ClF2N2O3/c17-10-2-3-13(11(18)5-10)24-14-4-1-9(7-20-14)8-21-15(23)6-12(22)16(21)19/h1-5,7,12,16,22H,6,8H2/t12-,16+/m0/s1. The van der Waals surface area contributed by atoms with Crippen LogP contribution in [0.2, 0.25) is 5.02 Å². The maximum atomic E-state index is 13.7. The molecule has 1 aromatic heterocycles. The quantitative estimate of drug-likeness (QED) is 0.857. The molecule has 0 bridgehead atoms. The van der Waals surface area contributed by atoms with Crippen LogP contribution in [0.1, 0.15) is 12.0 Å². The molecular weight excluding hydrogens is 342 g/mol. The van der Waals surface area contributed by atoms with Gasteiger partial charge < -0.3 is 14.7 Å². The number of hydrogen-bond donors (Lipinski definition) is 1. The number of alkyl halides is 1. The SMILES string of the molecule is O=C1C[C@H](O)[C@H](F)N1Cc1ccc(Oc2ccc(Cl)cc2F)nc1. The molecule has 1 saturated heterocycles. The molecule has 1 aromatic carbocycles. The Hall–Kier alpha value is -2.25. The third kappa shape index (κ3) is 3.47. The average molecular weight is 355 g/mol. The van der Waals surface area contributed by atoms with E-state index in [1.807, 2.05) is 0 Å². The van der Waals surface area contributed by atoms with E-state index >= 15 is 0 Å². The van der Waals surface area contributed by atoms with Gasteiger partial charge in [0.15, 0.2) is 11.6 Å². The van der Waals surface area contributed by atoms with Gasteiger partial charge in [0.1, 0.15) is 6.10 Å². The summed E-state index contributed by atoms with van der Waals surface area (Å²) >= 11 is 5.66. The highest BCUT2D eigenvalue weighted by Crippen LogP contribution is 2.26. The first kappa shape index (κ1) is 16.6. The Bertz CT molecular complexity index is 757. The van der Waals surface area contributed by atoms with Gasteiger partial charge in [-0.1, -0.05) is 17.7 Å². The van der Waals surface area contributed by atoms with Crippen molar-refractivity contribution in [3.8, 4) is 11.6 Å². The molecule has 0 spiro atoms. The predicted octanol–water partition coefficient (Wildman–Crippen LogP) is 3.06. The minimum Gasteiger partial charge on any atom is -0.436 e. The van der Waals surface area contributed by atoms with Crippen molar-refractivity contribution in [2.24, 2.45) is 0 Å². The largest absolute Gasteiger partial charge is 0.436 e. The topological polar surface area (TPSA) is 62.7 Å². The molecule has 1 N–H and O–H groups in total. The van der Waals surface area contributed by atoms with Gasteiger partial charge in [-0.25, -0.2) is 13.8 Å². The van der Waals surface area contributed by atoms with Crippen LogP contribution in [0.4, 0.5) is 8.78 Å². The van der Waals surface area contributed by atoms with Crippen molar-refractivity contribution >= 4 is 17.5 Å². The lowest BCUT2D eigenvalue weighted by molar-refractivity contribution is -0.131. The zero-order chi connectivity index (χ0) is 17.3. The maximum Gasteiger partial charge on any atom is 0.227 e. The summed E-state index contributed by atoms with van der Waals surface area (Å²) in [6.45, 7) is -0.0142. The summed E-state index contributed by atoms with van der Waals surface area (Å²) in [5, 5.41) is 9.60. The zero-order valence-corrected chi connectivity index (χ0v) is 13.1. The number of aliphatic hydroxyl groups excluding tert-OH is 1. The molecule has 0 unspecified atom stereocenters. The number of nitrogens with zero attached hydrogens (tertiary/aromatic N) is 2. The van der Waals surface area contributed by atoms with Crippen LogP contribution in [0.15, 0.2) is 36.5 Å². The molecule has 0 radical (unpaired) electrons. The number of benzene rings is 1. The summed E-state index contributed by atoms with van der Waals surface area (Å²) in [7, 11) is 0. The van der Waals surface area contributed by atoms with Crippen LogP contribution < -0.4 is 4.74 Å². The number of carbonyl (C=O) groups excluding carboxylic acids is 1. The molecule has 1 fully saturated rings. The van der Waals surface area contributed by atoms with Crippen LogP contribution in [0, 0.1) is 5.82 Å². The van der Waals surface area contributed by atoms with Crippen molar-refractivity contribution < 1.29 is 23.4 Å². The number of pyridine rings is 1. The van der Waals surface area contributed by atoms with Crippen LogP contribution in [0.25, 0.3) is 0 Å². The van der Waals surface area contributed by atoms with Gasteiger partial charge >= 0.3 is 0 Å². The molecule has 1 aliphatic rings. The molecule has 1 amide bonds. The molecule has 24 heavy (non-hydrogen) atoms. The molecule has 2 atom stereocenters. The van der Waals surface area contributed by atoms with E-state index in [9.17, 15) is 18.7 Å². The molecule has 126 valence electrons. The average Bonchev–Trinajstić information content (AvgIpc) is 2.78. The van der Waals surface area contributed by atoms with E-state index < -0.39 is 24.1 Å². The summed E-state index contributed by atoms with van der Waals surface area (Å²) in [6.07, 6.45) is -1.86. The van der Waals surface area contributed by atoms with Crippen LogP contribution in [0.3, 0.4) is 0 Å². The van der Waals surface area contributed by atoms with Gasteiger partial charge in [-0.3, -0.25) is 4.79 Å². The van der Waals surface area contributed by atoms with Gasteiger partial charge in [0, 0.05) is 17.3 Å². The van der Waals surface area contributed by atoms with Crippen molar-refractivity contribution in [2.45, 2.75) is 25.4 Å². The Balaban J connectivity index is 1.68.